The highest BCUT2D eigenvalue weighted by Crippen LogP contribution is 2.25. The zero-order valence-electron chi connectivity index (χ0n) is 20.2. The number of nitrogens with zero attached hydrogens (tertiary/aromatic N) is 4. The van der Waals surface area contributed by atoms with Gasteiger partial charge in [0.15, 0.2) is 0 Å². The highest BCUT2D eigenvalue weighted by Gasteiger charge is 2.23. The summed E-state index contributed by atoms with van der Waals surface area (Å²) < 4.78 is 15.2. The third kappa shape index (κ3) is 4.93. The maximum Gasteiger partial charge on any atom is 0.240 e. The summed E-state index contributed by atoms with van der Waals surface area (Å²) in [5.41, 5.74) is 2.56. The third-order valence-corrected chi connectivity index (χ3v) is 6.00. The number of aromatic nitrogens is 4. The van der Waals surface area contributed by atoms with Crippen LogP contribution in [0.5, 0.6) is 11.5 Å². The van der Waals surface area contributed by atoms with Crippen LogP contribution in [0.3, 0.4) is 0 Å². The van der Waals surface area contributed by atoms with Gasteiger partial charge in [-0.15, -0.1) is 0 Å². The van der Waals surface area contributed by atoms with E-state index in [0.29, 0.717) is 11.6 Å². The fourth-order valence-corrected chi connectivity index (χ4v) is 4.20. The number of rotatable bonds is 9. The van der Waals surface area contributed by atoms with Crippen LogP contribution in [-0.4, -0.2) is 32.1 Å². The average molecular weight is 482 g/mol. The van der Waals surface area contributed by atoms with E-state index in [-0.39, 0.29) is 19.1 Å². The Morgan fingerprint density at radius 1 is 1.00 bits per heavy atom. The lowest BCUT2D eigenvalue weighted by Gasteiger charge is -2.20. The lowest BCUT2D eigenvalue weighted by atomic mass is 10.1. The van der Waals surface area contributed by atoms with Gasteiger partial charge in [-0.1, -0.05) is 42.5 Å². The molecule has 0 fully saturated rings. The number of amides is 1. The quantitative estimate of drug-likeness (QED) is 0.340. The summed E-state index contributed by atoms with van der Waals surface area (Å²) in [6.45, 7) is 0.323. The maximum absolute atomic E-state index is 13.5. The Hall–Kier alpha value is -4.59. The van der Waals surface area contributed by atoms with Gasteiger partial charge in [-0.05, 0) is 42.0 Å². The summed E-state index contributed by atoms with van der Waals surface area (Å²) in [4.78, 5) is 22.7. The zero-order chi connectivity index (χ0) is 24.9. The molecule has 36 heavy (non-hydrogen) atoms. The summed E-state index contributed by atoms with van der Waals surface area (Å²) >= 11 is 0. The molecule has 8 nitrogen and oxygen atoms in total. The largest absolute Gasteiger partial charge is 0.497 e. The van der Waals surface area contributed by atoms with E-state index < -0.39 is 6.04 Å². The fraction of sp³-hybridized carbons (Fsp3) is 0.179. The minimum absolute atomic E-state index is 0.0822. The molecule has 0 saturated heterocycles. The molecule has 0 spiro atoms. The van der Waals surface area contributed by atoms with Crippen LogP contribution < -0.4 is 14.8 Å². The molecule has 8 heteroatoms. The second-order valence-corrected chi connectivity index (χ2v) is 8.38. The van der Waals surface area contributed by atoms with Crippen molar-refractivity contribution in [2.45, 2.75) is 19.2 Å². The van der Waals surface area contributed by atoms with Crippen LogP contribution in [0.2, 0.25) is 0 Å². The van der Waals surface area contributed by atoms with Gasteiger partial charge in [-0.3, -0.25) is 4.79 Å². The highest BCUT2D eigenvalue weighted by atomic mass is 16.5. The molecule has 0 aliphatic heterocycles. The van der Waals surface area contributed by atoms with Gasteiger partial charge in [-0.25, -0.2) is 9.97 Å². The van der Waals surface area contributed by atoms with Gasteiger partial charge in [-0.2, -0.15) is 0 Å². The molecular weight excluding hydrogens is 454 g/mol. The number of para-hydroxylation sites is 3. The molecule has 5 aromatic rings. The molecular formula is C28H27N5O3. The molecule has 0 radical (unpaired) electrons. The van der Waals surface area contributed by atoms with Gasteiger partial charge in [0.1, 0.15) is 42.3 Å². The number of carbonyl (C=O) groups is 1. The molecule has 0 saturated carbocycles. The molecule has 1 N–H and O–H groups in total. The predicted molar refractivity (Wildman–Crippen MR) is 137 cm³/mol. The second-order valence-electron chi connectivity index (χ2n) is 8.38. The van der Waals surface area contributed by atoms with Gasteiger partial charge >= 0.3 is 0 Å². The first-order valence-corrected chi connectivity index (χ1v) is 11.6. The summed E-state index contributed by atoms with van der Waals surface area (Å²) in [6, 6.07) is 24.5. The zero-order valence-corrected chi connectivity index (χ0v) is 20.2. The normalized spacial score (nSPS) is 11.8. The molecule has 0 aliphatic rings. The Morgan fingerprint density at radius 3 is 2.56 bits per heavy atom. The van der Waals surface area contributed by atoms with E-state index in [1.165, 1.54) is 0 Å². The number of hydrogen-bond acceptors (Lipinski definition) is 5. The van der Waals surface area contributed by atoms with Crippen molar-refractivity contribution in [3.05, 3.63) is 108 Å². The first kappa shape index (κ1) is 23.2. The van der Waals surface area contributed by atoms with Crippen molar-refractivity contribution in [2.24, 2.45) is 7.05 Å². The topological polar surface area (TPSA) is 83.2 Å². The molecule has 1 unspecified atom stereocenters. The summed E-state index contributed by atoms with van der Waals surface area (Å²) in [7, 11) is 3.53. The van der Waals surface area contributed by atoms with Crippen LogP contribution in [-0.2, 0) is 25.0 Å². The van der Waals surface area contributed by atoms with E-state index in [4.69, 9.17) is 14.5 Å². The first-order valence-electron chi connectivity index (χ1n) is 11.6. The first-order chi connectivity index (χ1) is 17.6. The lowest BCUT2D eigenvalue weighted by Crippen LogP contribution is -2.34. The minimum atomic E-state index is -0.452. The number of imidazole rings is 2. The third-order valence-electron chi connectivity index (χ3n) is 6.00. The Morgan fingerprint density at radius 2 is 1.78 bits per heavy atom. The van der Waals surface area contributed by atoms with Crippen molar-refractivity contribution in [2.75, 3.05) is 7.11 Å². The van der Waals surface area contributed by atoms with E-state index in [0.717, 1.165) is 28.2 Å². The Labute approximate surface area is 209 Å². The Kier molecular flexibility index (Phi) is 6.66. The molecule has 2 aromatic heterocycles. The van der Waals surface area contributed by atoms with Crippen LogP contribution >= 0.6 is 0 Å². The number of nitrogens with one attached hydrogen (secondary N) is 1. The van der Waals surface area contributed by atoms with E-state index >= 15 is 0 Å². The maximum atomic E-state index is 13.5. The van der Waals surface area contributed by atoms with E-state index in [9.17, 15) is 4.79 Å². The SMILES string of the molecule is COc1cccc(C(NC(=O)Cn2c(COc3ccccc3)nc3ccccc32)c2nccn2C)c1. The summed E-state index contributed by atoms with van der Waals surface area (Å²) in [5, 5.41) is 3.16. The molecule has 5 rings (SSSR count). The van der Waals surface area contributed by atoms with Crippen LogP contribution in [0, 0.1) is 0 Å². The van der Waals surface area contributed by atoms with Crippen molar-refractivity contribution in [3.63, 3.8) is 0 Å². The number of hydrogen-bond donors (Lipinski definition) is 1. The van der Waals surface area contributed by atoms with Crippen molar-refractivity contribution < 1.29 is 14.3 Å². The van der Waals surface area contributed by atoms with Crippen LogP contribution in [0.25, 0.3) is 11.0 Å². The molecule has 3 aromatic carbocycles. The number of benzene rings is 3. The van der Waals surface area contributed by atoms with Gasteiger partial charge in [0.05, 0.1) is 18.1 Å². The van der Waals surface area contributed by atoms with Crippen molar-refractivity contribution in [3.8, 4) is 11.5 Å². The predicted octanol–water partition coefficient (Wildman–Crippen LogP) is 4.26. The Bertz CT molecular complexity index is 1480. The summed E-state index contributed by atoms with van der Waals surface area (Å²) in [5.74, 6) is 2.68. The van der Waals surface area contributed by atoms with E-state index in [2.05, 4.69) is 10.3 Å². The van der Waals surface area contributed by atoms with Gasteiger partial charge < -0.3 is 23.9 Å². The van der Waals surface area contributed by atoms with Gasteiger partial charge in [0.2, 0.25) is 5.91 Å². The minimum Gasteiger partial charge on any atom is -0.497 e. The Balaban J connectivity index is 1.42. The average Bonchev–Trinajstić information content (AvgIpc) is 3.49. The van der Waals surface area contributed by atoms with E-state index in [1.807, 2.05) is 101 Å². The molecule has 182 valence electrons. The molecule has 0 bridgehead atoms. The number of aryl methyl sites for hydroxylation is 1. The lowest BCUT2D eigenvalue weighted by molar-refractivity contribution is -0.122. The van der Waals surface area contributed by atoms with Gasteiger partial charge in [0, 0.05) is 19.4 Å². The molecule has 0 aliphatic carbocycles. The fourth-order valence-electron chi connectivity index (χ4n) is 4.20. The van der Waals surface area contributed by atoms with Crippen molar-refractivity contribution >= 4 is 16.9 Å². The standard InChI is InChI=1S/C28H27N5O3/c1-32-16-15-29-28(32)27(20-9-8-12-22(17-20)35-2)31-26(34)18-33-24-14-7-6-13-23(24)30-25(33)19-36-21-10-4-3-5-11-21/h3-17,27H,18-19H2,1-2H3,(H,31,34). The van der Waals surface area contributed by atoms with E-state index in [1.54, 1.807) is 13.3 Å². The monoisotopic (exact) mass is 481 g/mol. The smallest absolute Gasteiger partial charge is 0.240 e. The van der Waals surface area contributed by atoms with Crippen LogP contribution in [0.4, 0.5) is 0 Å². The van der Waals surface area contributed by atoms with Crippen molar-refractivity contribution in [1.82, 2.24) is 24.4 Å². The number of methoxy groups -OCH3 is 1. The second kappa shape index (κ2) is 10.4. The van der Waals surface area contributed by atoms with Crippen molar-refractivity contribution in [1.29, 1.82) is 0 Å². The molecule has 1 amide bonds. The summed E-state index contributed by atoms with van der Waals surface area (Å²) in [6.07, 6.45) is 3.58. The van der Waals surface area contributed by atoms with Crippen LogP contribution in [0.15, 0.2) is 91.3 Å². The highest BCUT2D eigenvalue weighted by molar-refractivity contribution is 5.81. The number of fused-ring (bicyclic) bond motifs is 1. The number of carbonyl (C=O) groups excluding carboxylic acids is 1. The number of ether oxygens (including phenoxy) is 2. The van der Waals surface area contributed by atoms with Crippen LogP contribution in [0.1, 0.15) is 23.3 Å². The molecule has 1 atom stereocenters. The molecule has 2 heterocycles. The van der Waals surface area contributed by atoms with Gasteiger partial charge in [0.25, 0.3) is 0 Å².